The van der Waals surface area contributed by atoms with Gasteiger partial charge in [0.15, 0.2) is 11.8 Å². The number of aromatic nitrogens is 3. The molecule has 0 radical (unpaired) electrons. The van der Waals surface area contributed by atoms with E-state index in [1.807, 2.05) is 6.07 Å². The van der Waals surface area contributed by atoms with Crippen LogP contribution in [-0.4, -0.2) is 59.7 Å². The van der Waals surface area contributed by atoms with Crippen LogP contribution in [0.3, 0.4) is 0 Å². The highest BCUT2D eigenvalue weighted by Gasteiger charge is 2.43. The molecule has 3 saturated heterocycles. The highest BCUT2D eigenvalue weighted by atomic mass is 35.5. The van der Waals surface area contributed by atoms with Gasteiger partial charge in [-0.3, -0.25) is 0 Å². The van der Waals surface area contributed by atoms with E-state index in [9.17, 15) is 0 Å². The molecule has 3 fully saturated rings. The van der Waals surface area contributed by atoms with Crippen molar-refractivity contribution in [3.8, 4) is 28.4 Å². The molecule has 0 spiro atoms. The van der Waals surface area contributed by atoms with E-state index in [0.29, 0.717) is 41.5 Å². The van der Waals surface area contributed by atoms with Crippen molar-refractivity contribution in [1.29, 1.82) is 0 Å². The van der Waals surface area contributed by atoms with Crippen molar-refractivity contribution in [3.05, 3.63) is 65.2 Å². The van der Waals surface area contributed by atoms with Gasteiger partial charge in [-0.1, -0.05) is 60.1 Å². The normalized spacial score (nSPS) is 24.0. The van der Waals surface area contributed by atoms with Gasteiger partial charge >= 0.3 is 0 Å². The second-order valence-corrected chi connectivity index (χ2v) is 10.4. The smallest absolute Gasteiger partial charge is 0.296 e. The van der Waals surface area contributed by atoms with Gasteiger partial charge in [-0.05, 0) is 47.9 Å². The number of H-pyrrole nitrogens is 1. The monoisotopic (exact) mass is 517 g/mol. The molecule has 8 heteroatoms. The van der Waals surface area contributed by atoms with E-state index in [1.165, 1.54) is 11.1 Å². The highest BCUT2D eigenvalue weighted by molar-refractivity contribution is 6.33. The summed E-state index contributed by atoms with van der Waals surface area (Å²) in [5.41, 5.74) is 6.66. The Balaban J connectivity index is 1.09. The molecule has 0 saturated carbocycles. The second kappa shape index (κ2) is 9.72. The van der Waals surface area contributed by atoms with Crippen LogP contribution in [0.1, 0.15) is 30.7 Å². The third-order valence-electron chi connectivity index (χ3n) is 7.68. The number of imidazole rings is 1. The van der Waals surface area contributed by atoms with E-state index in [0.717, 1.165) is 49.1 Å². The molecule has 5 heterocycles. The first-order chi connectivity index (χ1) is 18.2. The minimum atomic E-state index is -0.179. The van der Waals surface area contributed by atoms with Crippen molar-refractivity contribution in [1.82, 2.24) is 15.0 Å². The number of nitrogens with zero attached hydrogens (tertiary/aromatic N) is 2. The Morgan fingerprint density at radius 2 is 1.57 bits per heavy atom. The molecule has 7 rings (SSSR count). The van der Waals surface area contributed by atoms with E-state index in [4.69, 9.17) is 35.5 Å². The fraction of sp³-hybridized carbons (Fsp3) is 0.379. The molecule has 0 bridgehead atoms. The molecule has 2 aromatic heterocycles. The Morgan fingerprint density at radius 3 is 2.35 bits per heavy atom. The predicted molar refractivity (Wildman–Crippen MR) is 141 cm³/mol. The number of ether oxygens (including phenoxy) is 4. The summed E-state index contributed by atoms with van der Waals surface area (Å²) in [6.45, 7) is 2.91. The summed E-state index contributed by atoms with van der Waals surface area (Å²) in [6.07, 6.45) is 2.99. The maximum absolute atomic E-state index is 6.64. The second-order valence-electron chi connectivity index (χ2n) is 9.97. The lowest BCUT2D eigenvalue weighted by Crippen LogP contribution is -2.32. The number of aromatic amines is 1. The number of rotatable bonds is 5. The van der Waals surface area contributed by atoms with Crippen LogP contribution in [-0.2, 0) is 14.2 Å². The fourth-order valence-electron chi connectivity index (χ4n) is 5.63. The molecular formula is C29H28ClN3O4. The summed E-state index contributed by atoms with van der Waals surface area (Å²) >= 11 is 6.64. The number of nitrogens with one attached hydrogen (secondary N) is 1. The molecule has 0 amide bonds. The van der Waals surface area contributed by atoms with Gasteiger partial charge in [0.1, 0.15) is 6.10 Å². The van der Waals surface area contributed by atoms with E-state index in [2.05, 4.69) is 58.5 Å². The molecular weight excluding hydrogens is 490 g/mol. The van der Waals surface area contributed by atoms with E-state index >= 15 is 0 Å². The van der Waals surface area contributed by atoms with Crippen LogP contribution in [0.5, 0.6) is 6.01 Å². The minimum absolute atomic E-state index is 0.0445. The van der Waals surface area contributed by atoms with E-state index in [1.54, 1.807) is 0 Å². The van der Waals surface area contributed by atoms with Gasteiger partial charge in [-0.15, -0.1) is 0 Å². The molecule has 1 N–H and O–H groups in total. The van der Waals surface area contributed by atoms with Gasteiger partial charge in [0, 0.05) is 25.4 Å². The molecule has 3 atom stereocenters. The number of hydrogen-bond acceptors (Lipinski definition) is 6. The molecule has 190 valence electrons. The summed E-state index contributed by atoms with van der Waals surface area (Å²) in [4.78, 5) is 12.5. The van der Waals surface area contributed by atoms with Crippen LogP contribution < -0.4 is 4.74 Å². The number of halogens is 1. The predicted octanol–water partition coefficient (Wildman–Crippen LogP) is 5.77. The Kier molecular flexibility index (Phi) is 6.09. The zero-order valence-electron chi connectivity index (χ0n) is 20.4. The molecule has 4 aromatic rings. The van der Waals surface area contributed by atoms with E-state index in [-0.39, 0.29) is 18.3 Å². The van der Waals surface area contributed by atoms with Crippen molar-refractivity contribution in [2.24, 2.45) is 0 Å². The van der Waals surface area contributed by atoms with Crippen LogP contribution in [0.4, 0.5) is 0 Å². The largest absolute Gasteiger partial charge is 0.456 e. The first kappa shape index (κ1) is 23.2. The van der Waals surface area contributed by atoms with Crippen molar-refractivity contribution < 1.29 is 18.9 Å². The number of hydrogen-bond donors (Lipinski definition) is 1. The summed E-state index contributed by atoms with van der Waals surface area (Å²) in [6, 6.07) is 19.5. The lowest BCUT2D eigenvalue weighted by Gasteiger charge is -2.22. The lowest BCUT2D eigenvalue weighted by atomic mass is 9.90. The van der Waals surface area contributed by atoms with Gasteiger partial charge in [-0.25, -0.2) is 4.98 Å². The average molecular weight is 518 g/mol. The summed E-state index contributed by atoms with van der Waals surface area (Å²) in [5, 5.41) is 0.555. The molecule has 3 aliphatic rings. The van der Waals surface area contributed by atoms with Crippen molar-refractivity contribution in [2.75, 3.05) is 26.4 Å². The van der Waals surface area contributed by atoms with Gasteiger partial charge in [-0.2, -0.15) is 4.98 Å². The van der Waals surface area contributed by atoms with Crippen molar-refractivity contribution in [2.45, 2.75) is 43.5 Å². The van der Waals surface area contributed by atoms with Gasteiger partial charge in [0.2, 0.25) is 0 Å². The summed E-state index contributed by atoms with van der Waals surface area (Å²) in [5.74, 6) is 0.598. The Bertz CT molecular complexity index is 1400. The number of benzene rings is 2. The first-order valence-electron chi connectivity index (χ1n) is 13.0. The minimum Gasteiger partial charge on any atom is -0.456 e. The molecule has 3 aliphatic heterocycles. The summed E-state index contributed by atoms with van der Waals surface area (Å²) in [7, 11) is 0. The maximum Gasteiger partial charge on any atom is 0.296 e. The number of pyridine rings is 1. The number of fused-ring (bicyclic) bond motifs is 2. The topological polar surface area (TPSA) is 78.5 Å². The van der Waals surface area contributed by atoms with Crippen molar-refractivity contribution in [3.63, 3.8) is 0 Å². The van der Waals surface area contributed by atoms with Crippen LogP contribution in [0.25, 0.3) is 33.5 Å². The third kappa shape index (κ3) is 4.50. The maximum atomic E-state index is 6.64. The van der Waals surface area contributed by atoms with Gasteiger partial charge in [0.05, 0.1) is 28.9 Å². The molecule has 37 heavy (non-hydrogen) atoms. The van der Waals surface area contributed by atoms with Crippen LogP contribution >= 0.6 is 11.6 Å². The van der Waals surface area contributed by atoms with Crippen LogP contribution in [0.15, 0.2) is 54.6 Å². The lowest BCUT2D eigenvalue weighted by molar-refractivity contribution is 0.0273. The van der Waals surface area contributed by atoms with Gasteiger partial charge in [0.25, 0.3) is 6.01 Å². The van der Waals surface area contributed by atoms with Crippen LogP contribution in [0, 0.1) is 0 Å². The quantitative estimate of drug-likeness (QED) is 0.362. The first-order valence-corrected chi connectivity index (χ1v) is 13.3. The standard InChI is InChI=1S/C29H28ClN3O4/c30-22-15-23-28(33-29(31-23)37-25-16-36-24-11-14-35-27(24)25)32-26(22)21-7-5-18(6-8-21)17-1-3-19(4-2-17)20-9-12-34-13-10-20/h1-8,15,20,24-25,27H,9-14,16H2,(H,31,32,33). The SMILES string of the molecule is Clc1cc2[nH]c(OC3COC4CCOC43)nc2nc1-c1ccc(-c2ccc(C3CCOCC3)cc2)cc1. The molecule has 7 nitrogen and oxygen atoms in total. The Labute approximate surface area is 220 Å². The molecule has 3 unspecified atom stereocenters. The van der Waals surface area contributed by atoms with Crippen molar-refractivity contribution >= 4 is 22.8 Å². The zero-order chi connectivity index (χ0) is 24.8. The Morgan fingerprint density at radius 1 is 0.838 bits per heavy atom. The van der Waals surface area contributed by atoms with Crippen LogP contribution in [0.2, 0.25) is 5.02 Å². The van der Waals surface area contributed by atoms with Gasteiger partial charge < -0.3 is 23.9 Å². The fourth-order valence-corrected chi connectivity index (χ4v) is 5.89. The third-order valence-corrected chi connectivity index (χ3v) is 7.97. The molecule has 0 aliphatic carbocycles. The molecule has 2 aromatic carbocycles. The zero-order valence-corrected chi connectivity index (χ0v) is 21.1. The van der Waals surface area contributed by atoms with E-state index < -0.39 is 0 Å². The summed E-state index contributed by atoms with van der Waals surface area (Å²) < 4.78 is 23.1. The highest BCUT2D eigenvalue weighted by Crippen LogP contribution is 2.34. The average Bonchev–Trinajstić information content (AvgIpc) is 3.66. The Hall–Kier alpha value is -2.97.